The number of amides is 1. The Morgan fingerprint density at radius 3 is 2.50 bits per heavy atom. The van der Waals surface area contributed by atoms with Crippen LogP contribution >= 0.6 is 0 Å². The number of aryl methyl sites for hydroxylation is 1. The van der Waals surface area contributed by atoms with Crippen molar-refractivity contribution in [2.24, 2.45) is 0 Å². The molecule has 0 aromatic heterocycles. The van der Waals surface area contributed by atoms with E-state index in [1.54, 1.807) is 12.1 Å². The first-order valence-electron chi connectivity index (χ1n) is 8.61. The number of halogens is 3. The Morgan fingerprint density at radius 1 is 1.27 bits per heavy atom. The summed E-state index contributed by atoms with van der Waals surface area (Å²) < 4.78 is 37.3. The summed E-state index contributed by atoms with van der Waals surface area (Å²) in [6.07, 6.45) is -4.19. The molecule has 1 saturated carbocycles. The highest BCUT2D eigenvalue weighted by Gasteiger charge is 2.35. The van der Waals surface area contributed by atoms with Crippen LogP contribution in [0.3, 0.4) is 0 Å². The van der Waals surface area contributed by atoms with Gasteiger partial charge in [0.25, 0.3) is 5.91 Å². The van der Waals surface area contributed by atoms with Crippen LogP contribution < -0.4 is 5.32 Å². The molecule has 0 bridgehead atoms. The fourth-order valence-corrected chi connectivity index (χ4v) is 3.18. The lowest BCUT2D eigenvalue weighted by Gasteiger charge is -2.42. The van der Waals surface area contributed by atoms with Crippen molar-refractivity contribution in [2.75, 3.05) is 13.1 Å². The number of carboxylic acid groups (broad SMARTS) is 1. The number of carboxylic acids is 1. The fraction of sp³-hybridized carbons (Fsp3) is 0.556. The molecule has 1 amide bonds. The number of carbonyl (C=O) groups is 2. The molecule has 26 heavy (non-hydrogen) atoms. The van der Waals surface area contributed by atoms with Gasteiger partial charge in [-0.25, -0.2) is 0 Å². The first kappa shape index (κ1) is 20.2. The van der Waals surface area contributed by atoms with Crippen molar-refractivity contribution in [1.29, 1.82) is 0 Å². The van der Waals surface area contributed by atoms with Gasteiger partial charge in [0.1, 0.15) is 0 Å². The van der Waals surface area contributed by atoms with Gasteiger partial charge in [0.2, 0.25) is 0 Å². The van der Waals surface area contributed by atoms with Gasteiger partial charge in [0.15, 0.2) is 0 Å². The number of benzene rings is 1. The van der Waals surface area contributed by atoms with Gasteiger partial charge in [-0.2, -0.15) is 13.2 Å². The largest absolute Gasteiger partial charge is 0.480 e. The molecule has 0 spiro atoms. The Kier molecular flexibility index (Phi) is 6.63. The minimum Gasteiger partial charge on any atom is -0.480 e. The molecular formula is C18H23F3N2O3. The lowest BCUT2D eigenvalue weighted by atomic mass is 9.85. The quantitative estimate of drug-likeness (QED) is 0.736. The zero-order chi connectivity index (χ0) is 19.3. The number of hydrogen-bond acceptors (Lipinski definition) is 3. The third kappa shape index (κ3) is 5.72. The van der Waals surface area contributed by atoms with Crippen LogP contribution in [0.2, 0.25) is 0 Å². The van der Waals surface area contributed by atoms with Gasteiger partial charge in [0.05, 0.1) is 6.54 Å². The van der Waals surface area contributed by atoms with Crippen LogP contribution in [0, 0.1) is 0 Å². The van der Waals surface area contributed by atoms with Crippen molar-refractivity contribution in [3.63, 3.8) is 0 Å². The SMILES string of the molecule is CCN(CC(=O)O)C1CC(NC(=O)c2ccccc2CCC(F)(F)F)C1. The zero-order valence-electron chi connectivity index (χ0n) is 14.6. The summed E-state index contributed by atoms with van der Waals surface area (Å²) in [6.45, 7) is 2.45. The third-order valence-electron chi connectivity index (χ3n) is 4.65. The first-order valence-corrected chi connectivity index (χ1v) is 8.61. The van der Waals surface area contributed by atoms with Crippen LogP contribution in [0.5, 0.6) is 0 Å². The Hall–Kier alpha value is -2.09. The smallest absolute Gasteiger partial charge is 0.389 e. The van der Waals surface area contributed by atoms with Gasteiger partial charge in [-0.05, 0) is 37.4 Å². The predicted octanol–water partition coefficient (Wildman–Crippen LogP) is 2.85. The van der Waals surface area contributed by atoms with Crippen molar-refractivity contribution in [2.45, 2.75) is 50.9 Å². The highest BCUT2D eigenvalue weighted by Crippen LogP contribution is 2.27. The summed E-state index contributed by atoms with van der Waals surface area (Å²) >= 11 is 0. The number of rotatable bonds is 8. The summed E-state index contributed by atoms with van der Waals surface area (Å²) in [7, 11) is 0. The van der Waals surface area contributed by atoms with Crippen molar-refractivity contribution >= 4 is 11.9 Å². The molecule has 2 rings (SSSR count). The Balaban J connectivity index is 1.90. The van der Waals surface area contributed by atoms with Gasteiger partial charge in [-0.3, -0.25) is 14.5 Å². The Labute approximate surface area is 150 Å². The molecule has 0 radical (unpaired) electrons. The van der Waals surface area contributed by atoms with E-state index >= 15 is 0 Å². The maximum atomic E-state index is 12.4. The van der Waals surface area contributed by atoms with Crippen LogP contribution in [0.4, 0.5) is 13.2 Å². The average Bonchev–Trinajstić information content (AvgIpc) is 2.53. The molecule has 2 N–H and O–H groups in total. The highest BCUT2D eigenvalue weighted by molar-refractivity contribution is 5.95. The van der Waals surface area contributed by atoms with Crippen LogP contribution in [0.25, 0.3) is 0 Å². The second kappa shape index (κ2) is 8.53. The molecule has 1 aromatic rings. The van der Waals surface area contributed by atoms with E-state index in [0.29, 0.717) is 24.9 Å². The number of hydrogen-bond donors (Lipinski definition) is 2. The molecule has 1 aromatic carbocycles. The van der Waals surface area contributed by atoms with Gasteiger partial charge in [0, 0.05) is 24.1 Å². The number of likely N-dealkylation sites (N-methyl/N-ethyl adjacent to an activating group) is 1. The lowest BCUT2D eigenvalue weighted by molar-refractivity contribution is -0.139. The predicted molar refractivity (Wildman–Crippen MR) is 90.0 cm³/mol. The molecule has 8 heteroatoms. The molecule has 1 fully saturated rings. The number of nitrogens with zero attached hydrogens (tertiary/aromatic N) is 1. The average molecular weight is 372 g/mol. The van der Waals surface area contributed by atoms with Crippen LogP contribution in [-0.2, 0) is 11.2 Å². The molecule has 0 aliphatic heterocycles. The topological polar surface area (TPSA) is 69.6 Å². The molecule has 0 saturated heterocycles. The molecule has 5 nitrogen and oxygen atoms in total. The van der Waals surface area contributed by atoms with E-state index in [-0.39, 0.29) is 36.5 Å². The minimum absolute atomic E-state index is 0.0396. The van der Waals surface area contributed by atoms with Crippen molar-refractivity contribution in [3.8, 4) is 0 Å². The van der Waals surface area contributed by atoms with E-state index in [4.69, 9.17) is 5.11 Å². The summed E-state index contributed by atoms with van der Waals surface area (Å²) in [5.74, 6) is -1.27. The standard InChI is InChI=1S/C18H23F3N2O3/c1-2-23(11-16(24)25)14-9-13(10-14)22-17(26)15-6-4-3-5-12(15)7-8-18(19,20)21/h3-6,13-14H,2,7-11H2,1H3,(H,22,26)(H,24,25). The highest BCUT2D eigenvalue weighted by atomic mass is 19.4. The molecule has 0 heterocycles. The zero-order valence-corrected chi connectivity index (χ0v) is 14.6. The summed E-state index contributed by atoms with van der Waals surface area (Å²) in [5.41, 5.74) is 0.636. The van der Waals surface area contributed by atoms with Gasteiger partial charge < -0.3 is 10.4 Å². The van der Waals surface area contributed by atoms with Gasteiger partial charge in [-0.1, -0.05) is 25.1 Å². The fourth-order valence-electron chi connectivity index (χ4n) is 3.18. The van der Waals surface area contributed by atoms with Crippen molar-refractivity contribution in [1.82, 2.24) is 10.2 Å². The number of carbonyl (C=O) groups excluding carboxylic acids is 1. The first-order chi connectivity index (χ1) is 12.2. The van der Waals surface area contributed by atoms with E-state index in [1.165, 1.54) is 12.1 Å². The van der Waals surface area contributed by atoms with E-state index in [0.717, 1.165) is 0 Å². The summed E-state index contributed by atoms with van der Waals surface area (Å²) in [4.78, 5) is 25.1. The second-order valence-corrected chi connectivity index (χ2v) is 6.52. The van der Waals surface area contributed by atoms with E-state index in [2.05, 4.69) is 5.32 Å². The summed E-state index contributed by atoms with van der Waals surface area (Å²) in [6, 6.07) is 6.32. The molecule has 144 valence electrons. The Bertz CT molecular complexity index is 643. The normalized spacial score (nSPS) is 19.9. The molecule has 0 atom stereocenters. The van der Waals surface area contributed by atoms with Gasteiger partial charge in [-0.15, -0.1) is 0 Å². The molecular weight excluding hydrogens is 349 g/mol. The van der Waals surface area contributed by atoms with E-state index in [1.807, 2.05) is 11.8 Å². The van der Waals surface area contributed by atoms with Crippen molar-refractivity contribution in [3.05, 3.63) is 35.4 Å². The van der Waals surface area contributed by atoms with Crippen molar-refractivity contribution < 1.29 is 27.9 Å². The number of aliphatic carboxylic acids is 1. The lowest BCUT2D eigenvalue weighted by Crippen LogP contribution is -2.54. The second-order valence-electron chi connectivity index (χ2n) is 6.52. The molecule has 1 aliphatic carbocycles. The van der Waals surface area contributed by atoms with Crippen LogP contribution in [-0.4, -0.2) is 53.2 Å². The number of nitrogens with one attached hydrogen (secondary N) is 1. The van der Waals surface area contributed by atoms with Gasteiger partial charge >= 0.3 is 12.1 Å². The van der Waals surface area contributed by atoms with Crippen LogP contribution in [0.15, 0.2) is 24.3 Å². The third-order valence-corrected chi connectivity index (χ3v) is 4.65. The number of alkyl halides is 3. The molecule has 0 unspecified atom stereocenters. The maximum Gasteiger partial charge on any atom is 0.389 e. The van der Waals surface area contributed by atoms with Crippen LogP contribution in [0.1, 0.15) is 42.1 Å². The summed E-state index contributed by atoms with van der Waals surface area (Å²) in [5, 5.41) is 11.7. The van der Waals surface area contributed by atoms with E-state index < -0.39 is 18.6 Å². The maximum absolute atomic E-state index is 12.4. The molecule has 1 aliphatic rings. The monoisotopic (exact) mass is 372 g/mol. The minimum atomic E-state index is -4.27. The Morgan fingerprint density at radius 2 is 1.92 bits per heavy atom. The van der Waals surface area contributed by atoms with E-state index in [9.17, 15) is 22.8 Å².